The van der Waals surface area contributed by atoms with Crippen LogP contribution in [0.15, 0.2) is 28.0 Å². The zero-order chi connectivity index (χ0) is 16.4. The minimum absolute atomic E-state index is 0.0257. The number of aliphatic carboxylic acids is 1. The lowest BCUT2D eigenvalue weighted by atomic mass is 10.2. The van der Waals surface area contributed by atoms with Gasteiger partial charge in [-0.05, 0) is 24.6 Å². The van der Waals surface area contributed by atoms with Crippen LogP contribution in [0.3, 0.4) is 0 Å². The van der Waals surface area contributed by atoms with E-state index < -0.39 is 36.8 Å². The van der Waals surface area contributed by atoms with Crippen LogP contribution in [-0.4, -0.2) is 40.2 Å². The molecule has 0 aromatic heterocycles. The molecule has 1 rings (SSSR count). The van der Waals surface area contributed by atoms with E-state index in [0.717, 1.165) is 18.4 Å². The van der Waals surface area contributed by atoms with E-state index in [2.05, 4.69) is 0 Å². The second-order valence-electron chi connectivity index (χ2n) is 4.28. The van der Waals surface area contributed by atoms with Gasteiger partial charge < -0.3 is 5.11 Å². The van der Waals surface area contributed by atoms with Gasteiger partial charge in [-0.25, -0.2) is 16.8 Å². The van der Waals surface area contributed by atoms with Crippen LogP contribution >= 0.6 is 11.6 Å². The standard InChI is InChI=1S/C11H14ClNO6S2/c1-3-9(11(14)15)13-21(18,19)10-6-7(20(2,16)17)4-5-8(10)12/h4-6,9,13H,3H2,1-2H3,(H,14,15)/t9-/m0/s1. The number of sulfonamides is 1. The maximum absolute atomic E-state index is 12.2. The van der Waals surface area contributed by atoms with E-state index in [1.807, 2.05) is 4.72 Å². The van der Waals surface area contributed by atoms with Crippen LogP contribution in [0.4, 0.5) is 0 Å². The lowest BCUT2D eigenvalue weighted by Crippen LogP contribution is -2.40. The van der Waals surface area contributed by atoms with Crippen molar-refractivity contribution < 1.29 is 26.7 Å². The van der Waals surface area contributed by atoms with Crippen molar-refractivity contribution in [3.8, 4) is 0 Å². The van der Waals surface area contributed by atoms with Gasteiger partial charge in [0.25, 0.3) is 0 Å². The lowest BCUT2D eigenvalue weighted by molar-refractivity contribution is -0.139. The first kappa shape index (κ1) is 17.9. The van der Waals surface area contributed by atoms with Crippen molar-refractivity contribution in [1.29, 1.82) is 0 Å². The van der Waals surface area contributed by atoms with Crippen LogP contribution in [0.1, 0.15) is 13.3 Å². The van der Waals surface area contributed by atoms with Crippen molar-refractivity contribution in [3.05, 3.63) is 23.2 Å². The molecule has 0 radical (unpaired) electrons. The molecular formula is C11H14ClNO6S2. The first-order valence-corrected chi connectivity index (χ1v) is 9.49. The minimum atomic E-state index is -4.26. The Labute approximate surface area is 127 Å². The van der Waals surface area contributed by atoms with E-state index in [0.29, 0.717) is 0 Å². The first-order chi connectivity index (χ1) is 9.49. The minimum Gasteiger partial charge on any atom is -0.480 e. The predicted molar refractivity (Wildman–Crippen MR) is 76.6 cm³/mol. The van der Waals surface area contributed by atoms with Gasteiger partial charge in [-0.15, -0.1) is 0 Å². The van der Waals surface area contributed by atoms with E-state index in [4.69, 9.17) is 16.7 Å². The van der Waals surface area contributed by atoms with Crippen molar-refractivity contribution >= 4 is 37.4 Å². The van der Waals surface area contributed by atoms with Gasteiger partial charge in [0.2, 0.25) is 10.0 Å². The number of hydrogen-bond donors (Lipinski definition) is 2. The summed E-state index contributed by atoms with van der Waals surface area (Å²) in [4.78, 5) is 10.2. The molecule has 0 amide bonds. The molecule has 0 saturated heterocycles. The Morgan fingerprint density at radius 3 is 2.33 bits per heavy atom. The third kappa shape index (κ3) is 4.40. The van der Waals surface area contributed by atoms with Gasteiger partial charge in [0.1, 0.15) is 10.9 Å². The highest BCUT2D eigenvalue weighted by Gasteiger charge is 2.26. The Kier molecular flexibility index (Phi) is 5.37. The number of hydrogen-bond acceptors (Lipinski definition) is 5. The summed E-state index contributed by atoms with van der Waals surface area (Å²) in [5, 5.41) is 8.68. The molecule has 1 atom stereocenters. The Morgan fingerprint density at radius 2 is 1.90 bits per heavy atom. The van der Waals surface area contributed by atoms with Gasteiger partial charge in [-0.1, -0.05) is 18.5 Å². The molecule has 0 aliphatic carbocycles. The van der Waals surface area contributed by atoms with Crippen molar-refractivity contribution in [1.82, 2.24) is 4.72 Å². The Morgan fingerprint density at radius 1 is 1.33 bits per heavy atom. The molecule has 2 N–H and O–H groups in total. The van der Waals surface area contributed by atoms with Gasteiger partial charge in [0.05, 0.1) is 9.92 Å². The molecule has 118 valence electrons. The molecule has 0 heterocycles. The van der Waals surface area contributed by atoms with E-state index in [1.54, 1.807) is 0 Å². The number of halogens is 1. The monoisotopic (exact) mass is 355 g/mol. The number of carboxylic acids is 1. The molecule has 21 heavy (non-hydrogen) atoms. The fourth-order valence-corrected chi connectivity index (χ4v) is 4.00. The smallest absolute Gasteiger partial charge is 0.321 e. The van der Waals surface area contributed by atoms with E-state index in [1.165, 1.54) is 13.0 Å². The van der Waals surface area contributed by atoms with Crippen molar-refractivity contribution in [3.63, 3.8) is 0 Å². The average molecular weight is 356 g/mol. The molecule has 0 fully saturated rings. The first-order valence-electron chi connectivity index (χ1n) is 5.73. The second kappa shape index (κ2) is 6.30. The molecule has 0 bridgehead atoms. The summed E-state index contributed by atoms with van der Waals surface area (Å²) in [6.45, 7) is 1.50. The van der Waals surface area contributed by atoms with Crippen LogP contribution in [0.2, 0.25) is 5.02 Å². The average Bonchev–Trinajstić information content (AvgIpc) is 2.34. The van der Waals surface area contributed by atoms with Crippen LogP contribution in [0.5, 0.6) is 0 Å². The fourth-order valence-electron chi connectivity index (χ4n) is 1.48. The second-order valence-corrected chi connectivity index (χ2v) is 8.39. The highest BCUT2D eigenvalue weighted by atomic mass is 35.5. The van der Waals surface area contributed by atoms with E-state index >= 15 is 0 Å². The summed E-state index contributed by atoms with van der Waals surface area (Å²) < 4.78 is 49.2. The normalized spacial score (nSPS) is 13.9. The molecule has 0 aliphatic rings. The highest BCUT2D eigenvalue weighted by Crippen LogP contribution is 2.25. The summed E-state index contributed by atoms with van der Waals surface area (Å²) >= 11 is 5.78. The van der Waals surface area contributed by atoms with Crippen molar-refractivity contribution in [2.24, 2.45) is 0 Å². The molecule has 0 saturated carbocycles. The van der Waals surface area contributed by atoms with Crippen molar-refractivity contribution in [2.45, 2.75) is 29.2 Å². The van der Waals surface area contributed by atoms with Crippen molar-refractivity contribution in [2.75, 3.05) is 6.26 Å². The van der Waals surface area contributed by atoms with E-state index in [9.17, 15) is 21.6 Å². The van der Waals surface area contributed by atoms with Crippen LogP contribution in [0.25, 0.3) is 0 Å². The molecule has 10 heteroatoms. The molecule has 7 nitrogen and oxygen atoms in total. The fraction of sp³-hybridized carbons (Fsp3) is 0.364. The van der Waals surface area contributed by atoms with E-state index in [-0.39, 0.29) is 16.3 Å². The summed E-state index contributed by atoms with van der Waals surface area (Å²) in [6, 6.07) is 1.88. The lowest BCUT2D eigenvalue weighted by Gasteiger charge is -2.14. The number of sulfone groups is 1. The quantitative estimate of drug-likeness (QED) is 0.782. The van der Waals surface area contributed by atoms with Gasteiger partial charge in [0.15, 0.2) is 9.84 Å². The molecule has 1 aromatic rings. The Balaban J connectivity index is 3.35. The number of carbonyl (C=O) groups is 1. The third-order valence-corrected chi connectivity index (χ3v) is 5.69. The van der Waals surface area contributed by atoms with Gasteiger partial charge in [-0.3, -0.25) is 4.79 Å². The van der Waals surface area contributed by atoms with Gasteiger partial charge in [-0.2, -0.15) is 4.72 Å². The summed E-state index contributed by atoms with van der Waals surface area (Å²) in [5.74, 6) is -1.34. The zero-order valence-corrected chi connectivity index (χ0v) is 13.6. The molecular weight excluding hydrogens is 342 g/mol. The maximum atomic E-state index is 12.2. The van der Waals surface area contributed by atoms with Crippen LogP contribution in [0, 0.1) is 0 Å². The summed E-state index contributed by atoms with van der Waals surface area (Å²) in [5.41, 5.74) is 0. The van der Waals surface area contributed by atoms with Gasteiger partial charge in [0, 0.05) is 6.26 Å². The highest BCUT2D eigenvalue weighted by molar-refractivity contribution is 7.91. The van der Waals surface area contributed by atoms with Gasteiger partial charge >= 0.3 is 5.97 Å². The molecule has 1 aromatic carbocycles. The Bertz CT molecular complexity index is 757. The third-order valence-electron chi connectivity index (χ3n) is 2.62. The van der Waals surface area contributed by atoms with Crippen LogP contribution < -0.4 is 4.72 Å². The summed E-state index contributed by atoms with van der Waals surface area (Å²) in [7, 11) is -7.88. The predicted octanol–water partition coefficient (Wildman–Crippen LogP) is 0.885. The topological polar surface area (TPSA) is 118 Å². The maximum Gasteiger partial charge on any atom is 0.321 e. The largest absolute Gasteiger partial charge is 0.480 e. The number of nitrogens with one attached hydrogen (secondary N) is 1. The van der Waals surface area contributed by atoms with Crippen LogP contribution in [-0.2, 0) is 24.7 Å². The number of carboxylic acid groups (broad SMARTS) is 1. The molecule has 0 spiro atoms. The SMILES string of the molecule is CC[C@H](NS(=O)(=O)c1cc(S(C)(=O)=O)ccc1Cl)C(=O)O. The Hall–Kier alpha value is -1.16. The summed E-state index contributed by atoms with van der Waals surface area (Å²) in [6.07, 6.45) is 0.949. The number of benzene rings is 1. The number of rotatable bonds is 6. The molecule has 0 aliphatic heterocycles. The molecule has 0 unspecified atom stereocenters. The zero-order valence-electron chi connectivity index (χ0n) is 11.2.